The second-order valence-corrected chi connectivity index (χ2v) is 4.93. The summed E-state index contributed by atoms with van der Waals surface area (Å²) < 4.78 is 5.17. The van der Waals surface area contributed by atoms with Gasteiger partial charge in [0.2, 0.25) is 0 Å². The van der Waals surface area contributed by atoms with Crippen LogP contribution in [0.4, 0.5) is 0 Å². The minimum absolute atomic E-state index is 0.0406. The van der Waals surface area contributed by atoms with Crippen LogP contribution >= 0.6 is 0 Å². The highest BCUT2D eigenvalue weighted by Gasteiger charge is 2.25. The number of nitrogens with zero attached hydrogens (tertiary/aromatic N) is 3. The van der Waals surface area contributed by atoms with Gasteiger partial charge in [-0.05, 0) is 19.9 Å². The lowest BCUT2D eigenvalue weighted by atomic mass is 10.1. The summed E-state index contributed by atoms with van der Waals surface area (Å²) in [6, 6.07) is 4.18. The van der Waals surface area contributed by atoms with Crippen LogP contribution in [0.25, 0.3) is 0 Å². The number of hydrogen-bond acceptors (Lipinski definition) is 4. The first-order chi connectivity index (χ1) is 9.13. The van der Waals surface area contributed by atoms with Crippen molar-refractivity contribution in [2.75, 3.05) is 26.2 Å². The van der Waals surface area contributed by atoms with E-state index in [4.69, 9.17) is 9.68 Å². The Balaban J connectivity index is 1.92. The highest BCUT2D eigenvalue weighted by molar-refractivity contribution is 5.95. The first-order valence-corrected chi connectivity index (χ1v) is 6.58. The molecule has 5 heteroatoms. The van der Waals surface area contributed by atoms with Gasteiger partial charge < -0.3 is 9.32 Å². The van der Waals surface area contributed by atoms with Crippen molar-refractivity contribution in [3.8, 4) is 6.07 Å². The second kappa shape index (κ2) is 5.89. The quantitative estimate of drug-likeness (QED) is 0.830. The van der Waals surface area contributed by atoms with Crippen molar-refractivity contribution in [3.05, 3.63) is 23.7 Å². The molecule has 19 heavy (non-hydrogen) atoms. The molecule has 1 aromatic heterocycles. The molecule has 1 aliphatic rings. The van der Waals surface area contributed by atoms with Crippen LogP contribution in [0, 0.1) is 18.3 Å². The molecule has 1 atom stereocenters. The zero-order valence-electron chi connectivity index (χ0n) is 11.4. The standard InChI is InChI=1S/C14H19N3O2/c1-11(3-5-15)16-6-8-17(9-7-16)14(18)13-4-10-19-12(13)2/h4,10-11H,3,6-9H2,1-2H3/t11-/m0/s1. The van der Waals surface area contributed by atoms with Crippen LogP contribution in [0.2, 0.25) is 0 Å². The molecular formula is C14H19N3O2. The van der Waals surface area contributed by atoms with Gasteiger partial charge in [-0.2, -0.15) is 5.26 Å². The molecule has 2 heterocycles. The summed E-state index contributed by atoms with van der Waals surface area (Å²) in [5.74, 6) is 0.712. The first-order valence-electron chi connectivity index (χ1n) is 6.58. The lowest BCUT2D eigenvalue weighted by molar-refractivity contribution is 0.0584. The van der Waals surface area contributed by atoms with Crippen molar-refractivity contribution in [2.24, 2.45) is 0 Å². The van der Waals surface area contributed by atoms with E-state index in [9.17, 15) is 4.79 Å². The molecule has 0 N–H and O–H groups in total. The Hall–Kier alpha value is -1.80. The number of aryl methyl sites for hydroxylation is 1. The largest absolute Gasteiger partial charge is 0.469 e. The van der Waals surface area contributed by atoms with Gasteiger partial charge in [0.15, 0.2) is 0 Å². The number of piperazine rings is 1. The van der Waals surface area contributed by atoms with Gasteiger partial charge in [0, 0.05) is 32.2 Å². The third-order valence-corrected chi connectivity index (χ3v) is 3.70. The molecule has 0 bridgehead atoms. The smallest absolute Gasteiger partial charge is 0.257 e. The van der Waals surface area contributed by atoms with Crippen molar-refractivity contribution in [1.82, 2.24) is 9.80 Å². The van der Waals surface area contributed by atoms with Gasteiger partial charge in [-0.15, -0.1) is 0 Å². The molecule has 0 aromatic carbocycles. The molecular weight excluding hydrogens is 242 g/mol. The predicted molar refractivity (Wildman–Crippen MR) is 70.6 cm³/mol. The number of amides is 1. The average Bonchev–Trinajstić information content (AvgIpc) is 2.84. The van der Waals surface area contributed by atoms with Gasteiger partial charge in [-0.1, -0.05) is 0 Å². The predicted octanol–water partition coefficient (Wildman–Crippen LogP) is 1.65. The topological polar surface area (TPSA) is 60.5 Å². The average molecular weight is 261 g/mol. The lowest BCUT2D eigenvalue weighted by Gasteiger charge is -2.37. The SMILES string of the molecule is Cc1occc1C(=O)N1CCN([C@@H](C)CC#N)CC1. The van der Waals surface area contributed by atoms with E-state index in [0.717, 1.165) is 13.1 Å². The van der Waals surface area contributed by atoms with Gasteiger partial charge >= 0.3 is 0 Å². The van der Waals surface area contributed by atoms with E-state index in [2.05, 4.69) is 17.9 Å². The summed E-state index contributed by atoms with van der Waals surface area (Å²) in [6.45, 7) is 6.93. The molecule has 1 amide bonds. The molecule has 0 saturated carbocycles. The molecule has 1 fully saturated rings. The van der Waals surface area contributed by atoms with Crippen LogP contribution in [0.1, 0.15) is 29.5 Å². The van der Waals surface area contributed by atoms with E-state index in [1.807, 2.05) is 4.90 Å². The van der Waals surface area contributed by atoms with E-state index in [-0.39, 0.29) is 11.9 Å². The first kappa shape index (κ1) is 13.6. The number of carbonyl (C=O) groups excluding carboxylic acids is 1. The Morgan fingerprint density at radius 1 is 1.47 bits per heavy atom. The normalized spacial score (nSPS) is 18.1. The van der Waals surface area contributed by atoms with Crippen molar-refractivity contribution < 1.29 is 9.21 Å². The van der Waals surface area contributed by atoms with Crippen molar-refractivity contribution in [3.63, 3.8) is 0 Å². The fourth-order valence-corrected chi connectivity index (χ4v) is 2.40. The molecule has 5 nitrogen and oxygen atoms in total. The summed E-state index contributed by atoms with van der Waals surface area (Å²) in [7, 11) is 0. The zero-order valence-corrected chi connectivity index (χ0v) is 11.4. The number of furan rings is 1. The van der Waals surface area contributed by atoms with Crippen LogP contribution in [0.3, 0.4) is 0 Å². The molecule has 1 aromatic rings. The van der Waals surface area contributed by atoms with E-state index in [1.54, 1.807) is 19.3 Å². The molecule has 0 aliphatic carbocycles. The maximum absolute atomic E-state index is 12.3. The van der Waals surface area contributed by atoms with Gasteiger partial charge in [0.05, 0.1) is 24.3 Å². The van der Waals surface area contributed by atoms with Crippen LogP contribution in [0.15, 0.2) is 16.7 Å². The Bertz CT molecular complexity index is 481. The number of hydrogen-bond donors (Lipinski definition) is 0. The minimum atomic E-state index is 0.0406. The summed E-state index contributed by atoms with van der Waals surface area (Å²) in [6.07, 6.45) is 2.09. The molecule has 0 unspecified atom stereocenters. The van der Waals surface area contributed by atoms with E-state index < -0.39 is 0 Å². The third-order valence-electron chi connectivity index (χ3n) is 3.70. The minimum Gasteiger partial charge on any atom is -0.469 e. The van der Waals surface area contributed by atoms with Crippen molar-refractivity contribution >= 4 is 5.91 Å². The Labute approximate surface area is 113 Å². The maximum Gasteiger partial charge on any atom is 0.257 e. The van der Waals surface area contributed by atoms with E-state index in [0.29, 0.717) is 30.8 Å². The number of carbonyl (C=O) groups is 1. The van der Waals surface area contributed by atoms with Gasteiger partial charge in [-0.25, -0.2) is 0 Å². The van der Waals surface area contributed by atoms with Crippen LogP contribution < -0.4 is 0 Å². The van der Waals surface area contributed by atoms with Gasteiger partial charge in [0.25, 0.3) is 5.91 Å². The monoisotopic (exact) mass is 261 g/mol. The fourth-order valence-electron chi connectivity index (χ4n) is 2.40. The molecule has 2 rings (SSSR count). The number of rotatable bonds is 3. The number of nitriles is 1. The van der Waals surface area contributed by atoms with Crippen molar-refractivity contribution in [1.29, 1.82) is 5.26 Å². The van der Waals surface area contributed by atoms with E-state index in [1.165, 1.54) is 0 Å². The van der Waals surface area contributed by atoms with Gasteiger partial charge in [0.1, 0.15) is 5.76 Å². The van der Waals surface area contributed by atoms with Gasteiger partial charge in [-0.3, -0.25) is 9.69 Å². The Morgan fingerprint density at radius 2 is 2.16 bits per heavy atom. The summed E-state index contributed by atoms with van der Waals surface area (Å²) in [4.78, 5) is 16.4. The molecule has 1 saturated heterocycles. The summed E-state index contributed by atoms with van der Waals surface area (Å²) in [5.41, 5.74) is 0.651. The fraction of sp³-hybridized carbons (Fsp3) is 0.571. The third kappa shape index (κ3) is 2.96. The highest BCUT2D eigenvalue weighted by Crippen LogP contribution is 2.15. The van der Waals surface area contributed by atoms with E-state index >= 15 is 0 Å². The summed E-state index contributed by atoms with van der Waals surface area (Å²) in [5, 5.41) is 8.71. The molecule has 1 aliphatic heterocycles. The van der Waals surface area contributed by atoms with Crippen LogP contribution in [-0.2, 0) is 0 Å². The van der Waals surface area contributed by atoms with Crippen LogP contribution in [-0.4, -0.2) is 47.9 Å². The van der Waals surface area contributed by atoms with Crippen LogP contribution in [0.5, 0.6) is 0 Å². The zero-order chi connectivity index (χ0) is 13.8. The second-order valence-electron chi connectivity index (χ2n) is 4.93. The Morgan fingerprint density at radius 3 is 2.68 bits per heavy atom. The summed E-state index contributed by atoms with van der Waals surface area (Å²) >= 11 is 0. The molecule has 0 radical (unpaired) electrons. The Kier molecular flexibility index (Phi) is 4.23. The van der Waals surface area contributed by atoms with Crippen molar-refractivity contribution in [2.45, 2.75) is 26.3 Å². The lowest BCUT2D eigenvalue weighted by Crippen LogP contribution is -2.51. The maximum atomic E-state index is 12.3. The highest BCUT2D eigenvalue weighted by atomic mass is 16.3. The molecule has 102 valence electrons. The molecule has 0 spiro atoms.